The standard InChI is InChI=1S/C20H20N6O4S/c1-12-4-3-5-15(13(12)2)26-20(23-24-25-26)31-11-18(27)22-19(28)21-14-6-7-16-17(10-14)30-9-8-29-16/h3-7,10H,8-9,11H2,1-2H3,(H2,21,22,27,28). The van der Waals surface area contributed by atoms with Gasteiger partial charge in [-0.15, -0.1) is 5.10 Å². The van der Waals surface area contributed by atoms with Crippen molar-refractivity contribution in [1.29, 1.82) is 0 Å². The Morgan fingerprint density at radius 2 is 1.94 bits per heavy atom. The molecule has 2 aromatic carbocycles. The quantitative estimate of drug-likeness (QED) is 0.581. The van der Waals surface area contributed by atoms with Crippen LogP contribution in [0.25, 0.3) is 5.69 Å². The second-order valence-electron chi connectivity index (χ2n) is 6.74. The van der Waals surface area contributed by atoms with E-state index < -0.39 is 11.9 Å². The van der Waals surface area contributed by atoms with Gasteiger partial charge in [-0.05, 0) is 53.6 Å². The maximum atomic E-state index is 12.2. The van der Waals surface area contributed by atoms with Crippen molar-refractivity contribution in [3.8, 4) is 17.2 Å². The predicted octanol–water partition coefficient (Wildman–Crippen LogP) is 2.49. The van der Waals surface area contributed by atoms with Crippen LogP contribution in [0.2, 0.25) is 0 Å². The number of ether oxygens (including phenoxy) is 2. The number of urea groups is 1. The molecular weight excluding hydrogens is 420 g/mol. The largest absolute Gasteiger partial charge is 0.486 e. The molecular formula is C20H20N6O4S. The summed E-state index contributed by atoms with van der Waals surface area (Å²) in [6.45, 7) is 4.92. The Morgan fingerprint density at radius 3 is 2.77 bits per heavy atom. The van der Waals surface area contributed by atoms with Gasteiger partial charge in [0.25, 0.3) is 0 Å². The van der Waals surface area contributed by atoms with Gasteiger partial charge in [-0.2, -0.15) is 4.68 Å². The van der Waals surface area contributed by atoms with Crippen LogP contribution in [0.1, 0.15) is 11.1 Å². The van der Waals surface area contributed by atoms with Crippen molar-refractivity contribution < 1.29 is 19.1 Å². The zero-order chi connectivity index (χ0) is 21.8. The summed E-state index contributed by atoms with van der Waals surface area (Å²) in [5, 5.41) is 17.1. The van der Waals surface area contributed by atoms with Crippen molar-refractivity contribution in [3.63, 3.8) is 0 Å². The van der Waals surface area contributed by atoms with Crippen molar-refractivity contribution in [2.75, 3.05) is 24.3 Å². The van der Waals surface area contributed by atoms with Crippen molar-refractivity contribution in [3.05, 3.63) is 47.5 Å². The van der Waals surface area contributed by atoms with Gasteiger partial charge in [0.2, 0.25) is 11.1 Å². The van der Waals surface area contributed by atoms with Gasteiger partial charge in [-0.3, -0.25) is 10.1 Å². The minimum absolute atomic E-state index is 0.0280. The lowest BCUT2D eigenvalue weighted by Gasteiger charge is -2.19. The number of hydrogen-bond acceptors (Lipinski definition) is 8. The van der Waals surface area contributed by atoms with Crippen LogP contribution in [0.5, 0.6) is 11.5 Å². The molecule has 2 N–H and O–H groups in total. The second kappa shape index (κ2) is 9.04. The summed E-state index contributed by atoms with van der Waals surface area (Å²) < 4.78 is 12.5. The third-order valence-corrected chi connectivity index (χ3v) is 5.55. The Hall–Kier alpha value is -3.60. The summed E-state index contributed by atoms with van der Waals surface area (Å²) >= 11 is 1.14. The van der Waals surface area contributed by atoms with Gasteiger partial charge in [0.1, 0.15) is 13.2 Å². The Balaban J connectivity index is 1.33. The number of imide groups is 1. The summed E-state index contributed by atoms with van der Waals surface area (Å²) in [4.78, 5) is 24.4. The van der Waals surface area contributed by atoms with E-state index in [0.717, 1.165) is 28.6 Å². The first-order chi connectivity index (χ1) is 15.0. The molecule has 160 valence electrons. The Kier molecular flexibility index (Phi) is 6.03. The minimum Gasteiger partial charge on any atom is -0.486 e. The Morgan fingerprint density at radius 1 is 1.13 bits per heavy atom. The van der Waals surface area contributed by atoms with E-state index in [1.54, 1.807) is 22.9 Å². The number of thioether (sulfide) groups is 1. The molecule has 1 aliphatic rings. The fourth-order valence-electron chi connectivity index (χ4n) is 2.96. The number of nitrogens with zero attached hydrogens (tertiary/aromatic N) is 4. The number of benzene rings is 2. The number of nitrogens with one attached hydrogen (secondary N) is 2. The fraction of sp³-hybridized carbons (Fsp3) is 0.250. The van der Waals surface area contributed by atoms with Gasteiger partial charge >= 0.3 is 6.03 Å². The number of aryl methyl sites for hydroxylation is 1. The predicted molar refractivity (Wildman–Crippen MR) is 114 cm³/mol. The van der Waals surface area contributed by atoms with Gasteiger partial charge in [-0.1, -0.05) is 23.9 Å². The zero-order valence-electron chi connectivity index (χ0n) is 16.9. The second-order valence-corrected chi connectivity index (χ2v) is 7.68. The fourth-order valence-corrected chi connectivity index (χ4v) is 3.65. The number of hydrogen-bond donors (Lipinski definition) is 2. The maximum Gasteiger partial charge on any atom is 0.325 e. The van der Waals surface area contributed by atoms with Crippen LogP contribution in [-0.4, -0.2) is 51.1 Å². The molecule has 2 heterocycles. The van der Waals surface area contributed by atoms with Crippen LogP contribution in [0.15, 0.2) is 41.6 Å². The van der Waals surface area contributed by atoms with E-state index in [1.165, 1.54) is 0 Å². The SMILES string of the molecule is Cc1cccc(-n2nnnc2SCC(=O)NC(=O)Nc2ccc3c(c2)OCCO3)c1C. The van der Waals surface area contributed by atoms with Gasteiger partial charge in [0, 0.05) is 11.8 Å². The number of amides is 3. The van der Waals surface area contributed by atoms with E-state index in [4.69, 9.17) is 9.47 Å². The van der Waals surface area contributed by atoms with Gasteiger partial charge in [0.05, 0.1) is 11.4 Å². The maximum absolute atomic E-state index is 12.2. The molecule has 0 aliphatic carbocycles. The van der Waals surface area contributed by atoms with Crippen LogP contribution in [0.3, 0.4) is 0 Å². The summed E-state index contributed by atoms with van der Waals surface area (Å²) in [5.74, 6) is 0.658. The van der Waals surface area contributed by atoms with E-state index in [0.29, 0.717) is 35.6 Å². The van der Waals surface area contributed by atoms with Crippen LogP contribution < -0.4 is 20.1 Å². The van der Waals surface area contributed by atoms with E-state index in [1.807, 2.05) is 32.0 Å². The normalized spacial score (nSPS) is 12.3. The molecule has 0 atom stereocenters. The molecule has 10 nitrogen and oxygen atoms in total. The summed E-state index contributed by atoms with van der Waals surface area (Å²) in [6, 6.07) is 10.2. The number of rotatable bonds is 5. The summed E-state index contributed by atoms with van der Waals surface area (Å²) in [6.07, 6.45) is 0. The number of carbonyl (C=O) groups is 2. The summed E-state index contributed by atoms with van der Waals surface area (Å²) in [7, 11) is 0. The van der Waals surface area contributed by atoms with Crippen molar-refractivity contribution >= 4 is 29.4 Å². The van der Waals surface area contributed by atoms with E-state index >= 15 is 0 Å². The Labute approximate surface area is 182 Å². The molecule has 1 aliphatic heterocycles. The van der Waals surface area contributed by atoms with Crippen molar-refractivity contribution in [2.45, 2.75) is 19.0 Å². The van der Waals surface area contributed by atoms with Crippen molar-refractivity contribution in [1.82, 2.24) is 25.5 Å². The minimum atomic E-state index is -0.642. The lowest BCUT2D eigenvalue weighted by Crippen LogP contribution is -2.35. The number of anilines is 1. The first kappa shape index (κ1) is 20.7. The van der Waals surface area contributed by atoms with Gasteiger partial charge in [-0.25, -0.2) is 4.79 Å². The molecule has 31 heavy (non-hydrogen) atoms. The molecule has 0 saturated heterocycles. The monoisotopic (exact) mass is 440 g/mol. The molecule has 0 unspecified atom stereocenters. The van der Waals surface area contributed by atoms with Crippen molar-refractivity contribution in [2.24, 2.45) is 0 Å². The molecule has 1 aromatic heterocycles. The lowest BCUT2D eigenvalue weighted by molar-refractivity contribution is -0.117. The highest BCUT2D eigenvalue weighted by Crippen LogP contribution is 2.32. The number of tetrazole rings is 1. The third-order valence-electron chi connectivity index (χ3n) is 4.63. The first-order valence-electron chi connectivity index (χ1n) is 9.49. The van der Waals surface area contributed by atoms with Crippen LogP contribution in [0, 0.1) is 13.8 Å². The van der Waals surface area contributed by atoms with E-state index in [-0.39, 0.29) is 5.75 Å². The highest BCUT2D eigenvalue weighted by molar-refractivity contribution is 7.99. The topological polar surface area (TPSA) is 120 Å². The average Bonchev–Trinajstić information content (AvgIpc) is 3.22. The van der Waals surface area contributed by atoms with E-state index in [9.17, 15) is 9.59 Å². The molecule has 3 aromatic rings. The molecule has 0 spiro atoms. The van der Waals surface area contributed by atoms with Crippen LogP contribution >= 0.6 is 11.8 Å². The molecule has 0 bridgehead atoms. The number of carbonyl (C=O) groups excluding carboxylic acids is 2. The number of fused-ring (bicyclic) bond motifs is 1. The zero-order valence-corrected chi connectivity index (χ0v) is 17.7. The highest BCUT2D eigenvalue weighted by Gasteiger charge is 2.16. The molecule has 3 amide bonds. The smallest absolute Gasteiger partial charge is 0.325 e. The van der Waals surface area contributed by atoms with Crippen LogP contribution in [-0.2, 0) is 4.79 Å². The molecule has 0 radical (unpaired) electrons. The molecule has 4 rings (SSSR count). The Bertz CT molecular complexity index is 1130. The van der Waals surface area contributed by atoms with Gasteiger partial charge in [0.15, 0.2) is 11.5 Å². The summed E-state index contributed by atoms with van der Waals surface area (Å²) in [5.41, 5.74) is 3.47. The van der Waals surface area contributed by atoms with Gasteiger partial charge < -0.3 is 14.8 Å². The molecule has 0 fully saturated rings. The third kappa shape index (κ3) is 4.77. The lowest BCUT2D eigenvalue weighted by atomic mass is 10.1. The van der Waals surface area contributed by atoms with E-state index in [2.05, 4.69) is 26.2 Å². The average molecular weight is 440 g/mol. The highest BCUT2D eigenvalue weighted by atomic mass is 32.2. The molecule has 0 saturated carbocycles. The first-order valence-corrected chi connectivity index (χ1v) is 10.5. The molecule has 11 heteroatoms. The van der Waals surface area contributed by atoms with Crippen LogP contribution in [0.4, 0.5) is 10.5 Å². The number of aromatic nitrogens is 4.